The number of amides is 1. The minimum atomic E-state index is -4.23. The van der Waals surface area contributed by atoms with Gasteiger partial charge in [0.2, 0.25) is 0 Å². The molecule has 1 amide bonds. The highest BCUT2D eigenvalue weighted by Gasteiger charge is 2.19. The van der Waals surface area contributed by atoms with Gasteiger partial charge >= 0.3 is 0 Å². The second-order valence-corrected chi connectivity index (χ2v) is 6.78. The summed E-state index contributed by atoms with van der Waals surface area (Å²) in [4.78, 5) is 13.5. The van der Waals surface area contributed by atoms with E-state index in [0.717, 1.165) is 17.7 Å². The first-order chi connectivity index (χ1) is 11.8. The van der Waals surface area contributed by atoms with E-state index in [0.29, 0.717) is 5.75 Å². The molecule has 8 heteroatoms. The molecule has 0 unspecified atom stereocenters. The molecule has 2 aromatic rings. The van der Waals surface area contributed by atoms with E-state index in [1.807, 2.05) is 4.83 Å². The standard InChI is InChI=1S/C17H17FN2O4S/c1-3-8-24-14-10-12(2)9-13(11-14)17(21)19-20-25(22,23)16-7-5-4-6-15(16)18/h3-7,9-11,20H,1,8H2,2H3,(H,19,21). The SMILES string of the molecule is C=CCOc1cc(C)cc(C(=O)NNS(=O)(=O)c2ccccc2F)c1. The fraction of sp³-hybridized carbons (Fsp3) is 0.118. The summed E-state index contributed by atoms with van der Waals surface area (Å²) in [5, 5.41) is 0. The first-order valence-electron chi connectivity index (χ1n) is 7.25. The fourth-order valence-electron chi connectivity index (χ4n) is 2.02. The highest BCUT2D eigenvalue weighted by atomic mass is 32.2. The molecule has 0 atom stereocenters. The van der Waals surface area contributed by atoms with Crippen LogP contribution in [0.15, 0.2) is 60.0 Å². The van der Waals surface area contributed by atoms with E-state index in [1.54, 1.807) is 25.1 Å². The molecule has 0 saturated heterocycles. The minimum Gasteiger partial charge on any atom is -0.490 e. The number of carbonyl (C=O) groups excluding carboxylic acids is 1. The molecule has 0 fully saturated rings. The van der Waals surface area contributed by atoms with Crippen molar-refractivity contribution >= 4 is 15.9 Å². The molecule has 0 aromatic heterocycles. The number of hydrogen-bond acceptors (Lipinski definition) is 4. The average Bonchev–Trinajstić information content (AvgIpc) is 2.57. The van der Waals surface area contributed by atoms with Crippen molar-refractivity contribution in [3.63, 3.8) is 0 Å². The van der Waals surface area contributed by atoms with E-state index in [2.05, 4.69) is 12.0 Å². The van der Waals surface area contributed by atoms with E-state index in [1.165, 1.54) is 18.2 Å². The van der Waals surface area contributed by atoms with E-state index in [-0.39, 0.29) is 12.2 Å². The predicted molar refractivity (Wildman–Crippen MR) is 91.1 cm³/mol. The van der Waals surface area contributed by atoms with Crippen molar-refractivity contribution in [2.75, 3.05) is 6.61 Å². The van der Waals surface area contributed by atoms with E-state index >= 15 is 0 Å². The Balaban J connectivity index is 2.13. The Morgan fingerprint density at radius 1 is 1.28 bits per heavy atom. The van der Waals surface area contributed by atoms with Gasteiger partial charge in [-0.15, -0.1) is 4.83 Å². The number of carbonyl (C=O) groups is 1. The number of halogens is 1. The highest BCUT2D eigenvalue weighted by molar-refractivity contribution is 7.89. The smallest absolute Gasteiger partial charge is 0.266 e. The van der Waals surface area contributed by atoms with Crippen molar-refractivity contribution in [3.05, 3.63) is 72.1 Å². The Bertz CT molecular complexity index is 897. The van der Waals surface area contributed by atoms with Gasteiger partial charge in [-0.1, -0.05) is 24.8 Å². The van der Waals surface area contributed by atoms with Crippen LogP contribution in [-0.4, -0.2) is 20.9 Å². The molecule has 0 aliphatic rings. The van der Waals surface area contributed by atoms with Gasteiger partial charge in [0.05, 0.1) is 0 Å². The van der Waals surface area contributed by atoms with Crippen LogP contribution in [0.5, 0.6) is 5.75 Å². The number of aryl methyl sites for hydroxylation is 1. The monoisotopic (exact) mass is 364 g/mol. The fourth-order valence-corrected chi connectivity index (χ4v) is 2.94. The second kappa shape index (κ2) is 7.91. The van der Waals surface area contributed by atoms with Crippen LogP contribution in [-0.2, 0) is 10.0 Å². The lowest BCUT2D eigenvalue weighted by Crippen LogP contribution is -2.41. The van der Waals surface area contributed by atoms with Crippen molar-refractivity contribution in [2.45, 2.75) is 11.8 Å². The summed E-state index contributed by atoms with van der Waals surface area (Å²) in [5.41, 5.74) is 3.00. The van der Waals surface area contributed by atoms with Crippen molar-refractivity contribution < 1.29 is 22.3 Å². The van der Waals surface area contributed by atoms with Gasteiger partial charge in [0, 0.05) is 5.56 Å². The Morgan fingerprint density at radius 3 is 2.68 bits per heavy atom. The second-order valence-electron chi connectivity index (χ2n) is 5.12. The first-order valence-corrected chi connectivity index (χ1v) is 8.74. The molecule has 25 heavy (non-hydrogen) atoms. The highest BCUT2D eigenvalue weighted by Crippen LogP contribution is 2.17. The number of sulfonamides is 1. The molecule has 0 aliphatic heterocycles. The summed E-state index contributed by atoms with van der Waals surface area (Å²) in [6.07, 6.45) is 1.56. The van der Waals surface area contributed by atoms with Gasteiger partial charge < -0.3 is 4.74 Å². The minimum absolute atomic E-state index is 0.190. The number of benzene rings is 2. The molecule has 0 saturated carbocycles. The maximum atomic E-state index is 13.6. The normalized spacial score (nSPS) is 11.0. The Labute approximate surface area is 145 Å². The molecule has 0 bridgehead atoms. The first kappa shape index (κ1) is 18.6. The van der Waals surface area contributed by atoms with Gasteiger partial charge in [-0.2, -0.15) is 0 Å². The maximum Gasteiger partial charge on any atom is 0.266 e. The lowest BCUT2D eigenvalue weighted by molar-refractivity contribution is 0.0944. The van der Waals surface area contributed by atoms with E-state index < -0.39 is 26.6 Å². The number of ether oxygens (including phenoxy) is 1. The van der Waals surface area contributed by atoms with Crippen LogP contribution < -0.4 is 15.0 Å². The van der Waals surface area contributed by atoms with Crippen LogP contribution in [0.2, 0.25) is 0 Å². The number of rotatable bonds is 7. The van der Waals surface area contributed by atoms with Crippen LogP contribution in [0.3, 0.4) is 0 Å². The average molecular weight is 364 g/mol. The molecular weight excluding hydrogens is 347 g/mol. The number of hydrazine groups is 1. The zero-order valence-electron chi connectivity index (χ0n) is 13.5. The number of hydrogen-bond donors (Lipinski definition) is 2. The lowest BCUT2D eigenvalue weighted by atomic mass is 10.1. The summed E-state index contributed by atoms with van der Waals surface area (Å²) >= 11 is 0. The zero-order chi connectivity index (χ0) is 18.4. The number of nitrogens with one attached hydrogen (secondary N) is 2. The van der Waals surface area contributed by atoms with Gasteiger partial charge in [0.15, 0.2) is 0 Å². The molecule has 0 heterocycles. The summed E-state index contributed by atoms with van der Waals surface area (Å²) in [6, 6.07) is 9.60. The van der Waals surface area contributed by atoms with Crippen LogP contribution in [0.4, 0.5) is 4.39 Å². The van der Waals surface area contributed by atoms with Crippen LogP contribution >= 0.6 is 0 Å². The summed E-state index contributed by atoms with van der Waals surface area (Å²) in [5.74, 6) is -1.17. The molecule has 2 rings (SSSR count). The molecule has 0 aliphatic carbocycles. The van der Waals surface area contributed by atoms with Gasteiger partial charge in [0.25, 0.3) is 15.9 Å². The predicted octanol–water partition coefficient (Wildman–Crippen LogP) is 2.32. The molecule has 0 spiro atoms. The largest absolute Gasteiger partial charge is 0.490 e. The van der Waals surface area contributed by atoms with Crippen molar-refractivity contribution in [2.24, 2.45) is 0 Å². The van der Waals surface area contributed by atoms with Crippen LogP contribution in [0.25, 0.3) is 0 Å². The topological polar surface area (TPSA) is 84.5 Å². The van der Waals surface area contributed by atoms with E-state index in [9.17, 15) is 17.6 Å². The molecular formula is C17H17FN2O4S. The summed E-state index contributed by atoms with van der Waals surface area (Å²) in [6.45, 7) is 5.57. The molecule has 2 N–H and O–H groups in total. The van der Waals surface area contributed by atoms with Crippen LogP contribution in [0.1, 0.15) is 15.9 Å². The third-order valence-corrected chi connectivity index (χ3v) is 4.39. The third kappa shape index (κ3) is 4.88. The summed E-state index contributed by atoms with van der Waals surface area (Å²) in [7, 11) is -4.23. The Kier molecular flexibility index (Phi) is 5.89. The lowest BCUT2D eigenvalue weighted by Gasteiger charge is -2.11. The van der Waals surface area contributed by atoms with Gasteiger partial charge in [-0.3, -0.25) is 10.2 Å². The van der Waals surface area contributed by atoms with Gasteiger partial charge in [0.1, 0.15) is 23.1 Å². The van der Waals surface area contributed by atoms with Crippen LogP contribution in [0, 0.1) is 12.7 Å². The molecule has 6 nitrogen and oxygen atoms in total. The van der Waals surface area contributed by atoms with Gasteiger partial charge in [-0.25, -0.2) is 12.8 Å². The molecule has 2 aromatic carbocycles. The molecule has 0 radical (unpaired) electrons. The Hall–Kier alpha value is -2.71. The summed E-state index contributed by atoms with van der Waals surface area (Å²) < 4.78 is 43.1. The zero-order valence-corrected chi connectivity index (χ0v) is 14.3. The third-order valence-electron chi connectivity index (χ3n) is 3.11. The van der Waals surface area contributed by atoms with E-state index in [4.69, 9.17) is 4.74 Å². The molecule has 132 valence electrons. The maximum absolute atomic E-state index is 13.6. The van der Waals surface area contributed by atoms with Crippen molar-refractivity contribution in [1.82, 2.24) is 10.3 Å². The van der Waals surface area contributed by atoms with Crippen molar-refractivity contribution in [3.8, 4) is 5.75 Å². The van der Waals surface area contributed by atoms with Gasteiger partial charge in [-0.05, 0) is 42.8 Å². The quantitative estimate of drug-likeness (QED) is 0.583. The van der Waals surface area contributed by atoms with Crippen molar-refractivity contribution in [1.29, 1.82) is 0 Å². The Morgan fingerprint density at radius 2 is 2.00 bits per heavy atom.